The smallest absolute Gasteiger partial charge is 0.256 e. The Labute approximate surface area is 179 Å². The van der Waals surface area contributed by atoms with Gasteiger partial charge in [0.1, 0.15) is 0 Å². The van der Waals surface area contributed by atoms with Gasteiger partial charge in [0.25, 0.3) is 5.91 Å². The highest BCUT2D eigenvalue weighted by molar-refractivity contribution is 8.00. The molecule has 10 heteroatoms. The number of ether oxygens (including phenoxy) is 1. The second-order valence-electron chi connectivity index (χ2n) is 6.75. The van der Waals surface area contributed by atoms with Crippen molar-refractivity contribution in [3.05, 3.63) is 53.6 Å². The van der Waals surface area contributed by atoms with E-state index in [-0.39, 0.29) is 16.6 Å². The van der Waals surface area contributed by atoms with Gasteiger partial charge in [0.15, 0.2) is 0 Å². The molecule has 0 aromatic heterocycles. The van der Waals surface area contributed by atoms with Crippen LogP contribution in [0.3, 0.4) is 0 Å². The molecule has 3 rings (SSSR count). The molecule has 0 spiro atoms. The van der Waals surface area contributed by atoms with Crippen LogP contribution in [0.5, 0.6) is 0 Å². The van der Waals surface area contributed by atoms with Crippen molar-refractivity contribution < 1.29 is 22.7 Å². The molecule has 160 valence electrons. The number of carbonyl (C=O) groups is 2. The summed E-state index contributed by atoms with van der Waals surface area (Å²) in [6, 6.07) is 11.3. The Kier molecular flexibility index (Phi) is 7.14. The normalized spacial score (nSPS) is 14.4. The number of anilines is 1. The van der Waals surface area contributed by atoms with E-state index >= 15 is 0 Å². The molecule has 30 heavy (non-hydrogen) atoms. The van der Waals surface area contributed by atoms with E-state index in [9.17, 15) is 18.0 Å². The molecule has 1 heterocycles. The summed E-state index contributed by atoms with van der Waals surface area (Å²) in [5.74, 6) is -0.189. The van der Waals surface area contributed by atoms with Gasteiger partial charge in [0.05, 0.1) is 29.4 Å². The number of nitrogens with one attached hydrogen (secondary N) is 1. The average Bonchev–Trinajstić information content (AvgIpc) is 2.73. The number of rotatable bonds is 6. The van der Waals surface area contributed by atoms with E-state index < -0.39 is 15.9 Å². The van der Waals surface area contributed by atoms with E-state index in [1.807, 2.05) is 0 Å². The Morgan fingerprint density at radius 3 is 2.57 bits per heavy atom. The number of sulfonamides is 1. The van der Waals surface area contributed by atoms with E-state index in [0.29, 0.717) is 48.0 Å². The molecule has 2 amide bonds. The zero-order valence-corrected chi connectivity index (χ0v) is 18.1. The van der Waals surface area contributed by atoms with E-state index in [0.717, 1.165) is 0 Å². The third kappa shape index (κ3) is 5.60. The fourth-order valence-electron chi connectivity index (χ4n) is 2.93. The Morgan fingerprint density at radius 1 is 1.17 bits per heavy atom. The van der Waals surface area contributed by atoms with Gasteiger partial charge in [-0.1, -0.05) is 18.2 Å². The van der Waals surface area contributed by atoms with E-state index in [1.54, 1.807) is 42.2 Å². The number of primary sulfonamides is 1. The topological polar surface area (TPSA) is 119 Å². The molecule has 0 atom stereocenters. The number of thioether (sulfide) groups is 1. The third-order valence-electron chi connectivity index (χ3n) is 4.63. The lowest BCUT2D eigenvalue weighted by atomic mass is 10.1. The van der Waals surface area contributed by atoms with Gasteiger partial charge in [-0.05, 0) is 36.8 Å². The molecular formula is C20H23N3O5S2. The summed E-state index contributed by atoms with van der Waals surface area (Å²) in [6.07, 6.45) is 0. The zero-order valence-electron chi connectivity index (χ0n) is 16.5. The van der Waals surface area contributed by atoms with Crippen molar-refractivity contribution in [1.82, 2.24) is 4.90 Å². The minimum atomic E-state index is -3.89. The first kappa shape index (κ1) is 22.3. The molecule has 2 aromatic rings. The van der Waals surface area contributed by atoms with Gasteiger partial charge in [-0.25, -0.2) is 13.6 Å². The molecule has 1 saturated heterocycles. The maximum atomic E-state index is 12.9. The first-order valence-electron chi connectivity index (χ1n) is 9.28. The maximum absolute atomic E-state index is 12.9. The van der Waals surface area contributed by atoms with Gasteiger partial charge in [0, 0.05) is 23.7 Å². The quantitative estimate of drug-likeness (QED) is 0.650. The minimum Gasteiger partial charge on any atom is -0.378 e. The van der Waals surface area contributed by atoms with Crippen molar-refractivity contribution >= 4 is 39.3 Å². The second kappa shape index (κ2) is 9.61. The molecular weight excluding hydrogens is 426 g/mol. The molecule has 1 aliphatic rings. The van der Waals surface area contributed by atoms with Crippen molar-refractivity contribution in [2.75, 3.05) is 37.4 Å². The lowest BCUT2D eigenvalue weighted by molar-refractivity contribution is -0.132. The van der Waals surface area contributed by atoms with Crippen molar-refractivity contribution in [3.63, 3.8) is 0 Å². The second-order valence-corrected chi connectivity index (χ2v) is 9.33. The van der Waals surface area contributed by atoms with Crippen LogP contribution >= 0.6 is 11.8 Å². The summed E-state index contributed by atoms with van der Waals surface area (Å²) in [4.78, 5) is 27.6. The lowest BCUT2D eigenvalue weighted by Crippen LogP contribution is -2.41. The Morgan fingerprint density at radius 2 is 1.87 bits per heavy atom. The number of hydrogen-bond acceptors (Lipinski definition) is 6. The zero-order chi connectivity index (χ0) is 21.7. The monoisotopic (exact) mass is 449 g/mol. The Balaban J connectivity index is 1.74. The number of amides is 2. The van der Waals surface area contributed by atoms with Gasteiger partial charge in [-0.3, -0.25) is 9.59 Å². The van der Waals surface area contributed by atoms with Crippen LogP contribution in [0, 0.1) is 6.92 Å². The van der Waals surface area contributed by atoms with E-state index in [1.165, 1.54) is 23.9 Å². The summed E-state index contributed by atoms with van der Waals surface area (Å²) in [7, 11) is -3.89. The van der Waals surface area contributed by atoms with E-state index in [2.05, 4.69) is 5.32 Å². The van der Waals surface area contributed by atoms with Crippen LogP contribution in [0.1, 0.15) is 15.9 Å². The summed E-state index contributed by atoms with van der Waals surface area (Å²) in [5, 5.41) is 7.93. The van der Waals surface area contributed by atoms with Crippen molar-refractivity contribution in [3.8, 4) is 0 Å². The van der Waals surface area contributed by atoms with Crippen molar-refractivity contribution in [1.29, 1.82) is 0 Å². The number of nitrogens with two attached hydrogens (primary N) is 1. The number of aryl methyl sites for hydroxylation is 1. The summed E-state index contributed by atoms with van der Waals surface area (Å²) < 4.78 is 28.5. The molecule has 0 radical (unpaired) electrons. The van der Waals surface area contributed by atoms with Gasteiger partial charge < -0.3 is 15.0 Å². The van der Waals surface area contributed by atoms with Crippen LogP contribution in [0.25, 0.3) is 0 Å². The predicted octanol–water partition coefficient (Wildman–Crippen LogP) is 1.85. The standard InChI is InChI=1S/C20H23N3O5S2/c1-14-6-7-15(30(21,26)27)12-17(14)22-20(25)16-4-2-3-5-18(16)29-13-19(24)23-8-10-28-11-9-23/h2-7,12H,8-11,13H2,1H3,(H,22,25)(H2,21,26,27). The van der Waals surface area contributed by atoms with Crippen molar-refractivity contribution in [2.24, 2.45) is 5.14 Å². The highest BCUT2D eigenvalue weighted by Crippen LogP contribution is 2.26. The number of benzene rings is 2. The Bertz CT molecular complexity index is 1050. The molecule has 2 aromatic carbocycles. The molecule has 0 saturated carbocycles. The van der Waals surface area contributed by atoms with Gasteiger partial charge in [-0.15, -0.1) is 11.8 Å². The van der Waals surface area contributed by atoms with Crippen molar-refractivity contribution in [2.45, 2.75) is 16.7 Å². The fraction of sp³-hybridized carbons (Fsp3) is 0.300. The van der Waals surface area contributed by atoms with Crippen LogP contribution in [-0.4, -0.2) is 57.2 Å². The maximum Gasteiger partial charge on any atom is 0.256 e. The largest absolute Gasteiger partial charge is 0.378 e. The summed E-state index contributed by atoms with van der Waals surface area (Å²) in [6.45, 7) is 3.96. The first-order valence-corrected chi connectivity index (χ1v) is 11.8. The predicted molar refractivity (Wildman–Crippen MR) is 115 cm³/mol. The number of hydrogen-bond donors (Lipinski definition) is 2. The molecule has 3 N–H and O–H groups in total. The van der Waals surface area contributed by atoms with Crippen LogP contribution in [0.2, 0.25) is 0 Å². The Hall–Kier alpha value is -2.40. The minimum absolute atomic E-state index is 0.00444. The average molecular weight is 450 g/mol. The lowest BCUT2D eigenvalue weighted by Gasteiger charge is -2.26. The van der Waals surface area contributed by atoms with Crippen LogP contribution < -0.4 is 10.5 Å². The molecule has 8 nitrogen and oxygen atoms in total. The molecule has 0 bridgehead atoms. The highest BCUT2D eigenvalue weighted by atomic mass is 32.2. The van der Waals surface area contributed by atoms with Crippen LogP contribution in [0.15, 0.2) is 52.3 Å². The van der Waals surface area contributed by atoms with Crippen LogP contribution in [0.4, 0.5) is 5.69 Å². The van der Waals surface area contributed by atoms with Gasteiger partial charge >= 0.3 is 0 Å². The number of morpholine rings is 1. The molecule has 0 unspecified atom stereocenters. The molecule has 1 aliphatic heterocycles. The fourth-order valence-corrected chi connectivity index (χ4v) is 4.42. The molecule has 0 aliphatic carbocycles. The highest BCUT2D eigenvalue weighted by Gasteiger charge is 2.19. The summed E-state index contributed by atoms with van der Waals surface area (Å²) in [5.41, 5.74) is 1.46. The molecule has 1 fully saturated rings. The van der Waals surface area contributed by atoms with Gasteiger partial charge in [-0.2, -0.15) is 0 Å². The summed E-state index contributed by atoms with van der Waals surface area (Å²) >= 11 is 1.29. The number of carbonyl (C=O) groups excluding carboxylic acids is 2. The van der Waals surface area contributed by atoms with E-state index in [4.69, 9.17) is 9.88 Å². The van der Waals surface area contributed by atoms with Crippen LogP contribution in [-0.2, 0) is 19.6 Å². The number of nitrogens with zero attached hydrogens (tertiary/aromatic N) is 1. The SMILES string of the molecule is Cc1ccc(S(N)(=O)=O)cc1NC(=O)c1ccccc1SCC(=O)N1CCOCC1. The van der Waals surface area contributed by atoms with Gasteiger partial charge in [0.2, 0.25) is 15.9 Å². The first-order chi connectivity index (χ1) is 14.3. The third-order valence-corrected chi connectivity index (χ3v) is 6.60.